The Hall–Kier alpha value is -1.13. The summed E-state index contributed by atoms with van der Waals surface area (Å²) in [6.07, 6.45) is 6.05. The molecule has 4 nitrogen and oxygen atoms in total. The van der Waals surface area contributed by atoms with Gasteiger partial charge in [0.1, 0.15) is 5.82 Å². The van der Waals surface area contributed by atoms with Crippen LogP contribution >= 0.6 is 0 Å². The molecule has 4 N–H and O–H groups in total. The zero-order valence-corrected chi connectivity index (χ0v) is 12.9. The molecule has 1 aromatic rings. The monoisotopic (exact) mass is 277 g/mol. The van der Waals surface area contributed by atoms with E-state index in [1.807, 2.05) is 19.9 Å². The van der Waals surface area contributed by atoms with Crippen LogP contribution in [0.3, 0.4) is 0 Å². The first-order chi connectivity index (χ1) is 9.50. The predicted molar refractivity (Wildman–Crippen MR) is 82.3 cm³/mol. The number of hydrogen-bond donors (Lipinski definition) is 2. The summed E-state index contributed by atoms with van der Waals surface area (Å²) in [5, 5.41) is 0. The molecule has 2 rings (SSSR count). The summed E-state index contributed by atoms with van der Waals surface area (Å²) in [6.45, 7) is 7.05. The highest BCUT2D eigenvalue weighted by molar-refractivity contribution is 5.47. The third-order valence-corrected chi connectivity index (χ3v) is 4.67. The van der Waals surface area contributed by atoms with Gasteiger partial charge in [0.25, 0.3) is 0 Å². The van der Waals surface area contributed by atoms with E-state index in [9.17, 15) is 0 Å². The molecule has 0 aromatic carbocycles. The van der Waals surface area contributed by atoms with Gasteiger partial charge in [0.05, 0.1) is 11.6 Å². The van der Waals surface area contributed by atoms with Gasteiger partial charge in [-0.25, -0.2) is 4.98 Å². The number of aryl methyl sites for hydroxylation is 1. The molecule has 20 heavy (non-hydrogen) atoms. The fourth-order valence-corrected chi connectivity index (χ4v) is 3.34. The van der Waals surface area contributed by atoms with Crippen molar-refractivity contribution in [2.24, 2.45) is 11.7 Å². The molecule has 0 aliphatic heterocycles. The summed E-state index contributed by atoms with van der Waals surface area (Å²) in [5.41, 5.74) is 14.4. The Morgan fingerprint density at radius 1 is 1.45 bits per heavy atom. The van der Waals surface area contributed by atoms with E-state index in [1.54, 1.807) is 6.20 Å². The van der Waals surface area contributed by atoms with Crippen LogP contribution in [0.2, 0.25) is 0 Å². The maximum absolute atomic E-state index is 6.59. The molecule has 1 atom stereocenters. The van der Waals surface area contributed by atoms with Crippen LogP contribution in [0.5, 0.6) is 0 Å². The van der Waals surface area contributed by atoms with Crippen LogP contribution < -0.4 is 11.5 Å². The molecule has 1 aliphatic rings. The Balaban J connectivity index is 2.34. The minimum Gasteiger partial charge on any atom is -0.383 e. The molecule has 1 fully saturated rings. The van der Waals surface area contributed by atoms with Crippen molar-refractivity contribution in [2.75, 3.05) is 12.3 Å². The summed E-state index contributed by atoms with van der Waals surface area (Å²) in [6, 6.07) is 1.76. The number of hydrogen-bond acceptors (Lipinski definition) is 4. The minimum atomic E-state index is -0.289. The predicted octanol–water partition coefficient (Wildman–Crippen LogP) is 2.96. The molecule has 0 spiro atoms. The van der Waals surface area contributed by atoms with Gasteiger partial charge >= 0.3 is 0 Å². The van der Waals surface area contributed by atoms with Gasteiger partial charge in [0, 0.05) is 18.4 Å². The van der Waals surface area contributed by atoms with E-state index in [0.717, 1.165) is 42.7 Å². The van der Waals surface area contributed by atoms with Gasteiger partial charge in [-0.05, 0) is 57.1 Å². The van der Waals surface area contributed by atoms with Crippen molar-refractivity contribution in [2.45, 2.75) is 58.1 Å². The van der Waals surface area contributed by atoms with Gasteiger partial charge in [-0.1, -0.05) is 6.92 Å². The topological polar surface area (TPSA) is 74.2 Å². The molecule has 1 unspecified atom stereocenters. The van der Waals surface area contributed by atoms with Crippen molar-refractivity contribution in [3.63, 3.8) is 0 Å². The molecule has 0 radical (unpaired) electrons. The molecule has 0 amide bonds. The Labute approximate surface area is 121 Å². The first-order valence-corrected chi connectivity index (χ1v) is 7.60. The van der Waals surface area contributed by atoms with E-state index in [4.69, 9.17) is 16.2 Å². The molecule has 4 heteroatoms. The zero-order valence-electron chi connectivity index (χ0n) is 12.9. The van der Waals surface area contributed by atoms with Crippen LogP contribution in [-0.2, 0) is 4.74 Å². The quantitative estimate of drug-likeness (QED) is 0.887. The van der Waals surface area contributed by atoms with E-state index in [1.165, 1.54) is 0 Å². The Morgan fingerprint density at radius 2 is 2.10 bits per heavy atom. The third-order valence-electron chi connectivity index (χ3n) is 4.67. The third kappa shape index (κ3) is 2.81. The van der Waals surface area contributed by atoms with Crippen LogP contribution in [0.4, 0.5) is 5.82 Å². The maximum Gasteiger partial charge on any atom is 0.128 e. The Morgan fingerprint density at radius 3 is 2.65 bits per heavy atom. The summed E-state index contributed by atoms with van der Waals surface area (Å²) in [5.74, 6) is 1.29. The van der Waals surface area contributed by atoms with Crippen LogP contribution in [0.15, 0.2) is 12.3 Å². The second kappa shape index (κ2) is 6.10. The van der Waals surface area contributed by atoms with Crippen molar-refractivity contribution < 1.29 is 4.74 Å². The molecular formula is C16H27N3O. The second-order valence-corrected chi connectivity index (χ2v) is 6.08. The van der Waals surface area contributed by atoms with Gasteiger partial charge in [-0.15, -0.1) is 0 Å². The van der Waals surface area contributed by atoms with Crippen LogP contribution in [-0.4, -0.2) is 17.2 Å². The smallest absolute Gasteiger partial charge is 0.128 e. The normalized spacial score (nSPS) is 28.3. The van der Waals surface area contributed by atoms with Gasteiger partial charge in [-0.3, -0.25) is 0 Å². The lowest BCUT2D eigenvalue weighted by molar-refractivity contribution is -0.0897. The molecule has 112 valence electrons. The minimum absolute atomic E-state index is 0.205. The van der Waals surface area contributed by atoms with Gasteiger partial charge < -0.3 is 16.2 Å². The standard InChI is InChI=1S/C16H27N3O/c1-4-20-16(8-5-11(2)6-9-16)14(17)13-12(3)7-10-19-15(13)18/h7,10-11,14H,4-6,8-9,17H2,1-3H3,(H2,18,19). The van der Waals surface area contributed by atoms with Crippen molar-refractivity contribution in [1.29, 1.82) is 0 Å². The molecule has 1 heterocycles. The highest BCUT2D eigenvalue weighted by atomic mass is 16.5. The van der Waals surface area contributed by atoms with E-state index < -0.39 is 0 Å². The number of aromatic nitrogens is 1. The average Bonchev–Trinajstić information content (AvgIpc) is 2.41. The fraction of sp³-hybridized carbons (Fsp3) is 0.688. The Bertz CT molecular complexity index is 433. The number of ether oxygens (including phenoxy) is 1. The van der Waals surface area contributed by atoms with Gasteiger partial charge in [0.2, 0.25) is 0 Å². The number of pyridine rings is 1. The van der Waals surface area contributed by atoms with Crippen molar-refractivity contribution >= 4 is 5.82 Å². The molecule has 0 saturated heterocycles. The van der Waals surface area contributed by atoms with E-state index in [2.05, 4.69) is 11.9 Å². The largest absolute Gasteiger partial charge is 0.383 e. The lowest BCUT2D eigenvalue weighted by atomic mass is 9.73. The Kier molecular flexibility index (Phi) is 4.66. The maximum atomic E-state index is 6.59. The first kappa shape index (κ1) is 15.3. The highest BCUT2D eigenvalue weighted by Crippen LogP contribution is 2.43. The fourth-order valence-electron chi connectivity index (χ4n) is 3.34. The molecule has 1 saturated carbocycles. The summed E-state index contributed by atoms with van der Waals surface area (Å²) in [4.78, 5) is 4.20. The molecular weight excluding hydrogens is 250 g/mol. The van der Waals surface area contributed by atoms with E-state index >= 15 is 0 Å². The second-order valence-electron chi connectivity index (χ2n) is 6.08. The van der Waals surface area contributed by atoms with Crippen molar-refractivity contribution in [3.8, 4) is 0 Å². The lowest BCUT2D eigenvalue weighted by Crippen LogP contribution is -2.47. The van der Waals surface area contributed by atoms with Gasteiger partial charge in [-0.2, -0.15) is 0 Å². The summed E-state index contributed by atoms with van der Waals surface area (Å²) >= 11 is 0. The van der Waals surface area contributed by atoms with Gasteiger partial charge in [0.15, 0.2) is 0 Å². The van der Waals surface area contributed by atoms with E-state index in [-0.39, 0.29) is 11.6 Å². The van der Waals surface area contributed by atoms with Crippen molar-refractivity contribution in [1.82, 2.24) is 4.98 Å². The number of rotatable bonds is 4. The number of nitrogen functional groups attached to an aromatic ring is 1. The number of nitrogens with zero attached hydrogens (tertiary/aromatic N) is 1. The number of anilines is 1. The average molecular weight is 277 g/mol. The zero-order chi connectivity index (χ0) is 14.8. The van der Waals surface area contributed by atoms with Crippen molar-refractivity contribution in [3.05, 3.63) is 23.4 Å². The van der Waals surface area contributed by atoms with Crippen LogP contribution in [0.25, 0.3) is 0 Å². The first-order valence-electron chi connectivity index (χ1n) is 7.60. The summed E-state index contributed by atoms with van der Waals surface area (Å²) < 4.78 is 6.14. The SMILES string of the molecule is CCOC1(C(N)c2c(C)ccnc2N)CCC(C)CC1. The molecule has 1 aliphatic carbocycles. The summed E-state index contributed by atoms with van der Waals surface area (Å²) in [7, 11) is 0. The van der Waals surface area contributed by atoms with Crippen LogP contribution in [0.1, 0.15) is 56.7 Å². The van der Waals surface area contributed by atoms with E-state index in [0.29, 0.717) is 12.4 Å². The molecule has 1 aromatic heterocycles. The van der Waals surface area contributed by atoms with Crippen LogP contribution in [0, 0.1) is 12.8 Å². The highest BCUT2D eigenvalue weighted by Gasteiger charge is 2.42. The lowest BCUT2D eigenvalue weighted by Gasteiger charge is -2.44. The number of nitrogens with two attached hydrogens (primary N) is 2. The molecule has 0 bridgehead atoms.